The molecule has 5 nitrogen and oxygen atoms in total. The van der Waals surface area contributed by atoms with Crippen molar-refractivity contribution in [2.24, 2.45) is 5.73 Å². The van der Waals surface area contributed by atoms with E-state index < -0.39 is 0 Å². The Morgan fingerprint density at radius 3 is 2.89 bits per heavy atom. The summed E-state index contributed by atoms with van der Waals surface area (Å²) in [5, 5.41) is 0.969. The van der Waals surface area contributed by atoms with Gasteiger partial charge in [-0.15, -0.1) is 0 Å². The molecule has 1 amide bonds. The molecule has 96 valence electrons. The van der Waals surface area contributed by atoms with Crippen LogP contribution in [0.1, 0.15) is 5.56 Å². The number of aromatic nitrogens is 2. The number of halogens is 1. The Labute approximate surface area is 117 Å². The zero-order valence-corrected chi connectivity index (χ0v) is 11.5. The monoisotopic (exact) mass is 318 g/mol. The van der Waals surface area contributed by atoms with Gasteiger partial charge < -0.3 is 16.5 Å². The van der Waals surface area contributed by atoms with Gasteiger partial charge in [0.05, 0.1) is 23.0 Å². The molecule has 0 aliphatic carbocycles. The lowest BCUT2D eigenvalue weighted by Crippen LogP contribution is -2.14. The molecule has 0 aliphatic rings. The molecule has 2 aromatic heterocycles. The number of carbonyl (C=O) groups is 1. The highest BCUT2D eigenvalue weighted by Gasteiger charge is 2.12. The van der Waals surface area contributed by atoms with Gasteiger partial charge >= 0.3 is 0 Å². The van der Waals surface area contributed by atoms with Gasteiger partial charge in [0.2, 0.25) is 5.91 Å². The zero-order valence-electron chi connectivity index (χ0n) is 9.90. The number of aromatic amines is 1. The summed E-state index contributed by atoms with van der Waals surface area (Å²) >= 11 is 3.36. The third-order valence-electron chi connectivity index (χ3n) is 2.99. The molecule has 2 heterocycles. The van der Waals surface area contributed by atoms with Crippen molar-refractivity contribution in [3.63, 3.8) is 0 Å². The maximum absolute atomic E-state index is 11.1. The summed E-state index contributed by atoms with van der Waals surface area (Å²) in [5.41, 5.74) is 15.1. The molecule has 0 unspecified atom stereocenters. The number of nitrogens with zero attached hydrogens (tertiary/aromatic N) is 1. The van der Waals surface area contributed by atoms with Crippen molar-refractivity contribution in [1.29, 1.82) is 0 Å². The number of carbonyl (C=O) groups excluding carboxylic acids is 1. The highest BCUT2D eigenvalue weighted by Crippen LogP contribution is 2.29. The molecular weight excluding hydrogens is 308 g/mol. The smallest absolute Gasteiger partial charge is 0.221 e. The zero-order chi connectivity index (χ0) is 13.6. The van der Waals surface area contributed by atoms with Crippen molar-refractivity contribution >= 4 is 49.5 Å². The second kappa shape index (κ2) is 4.24. The number of nitrogens with one attached hydrogen (secondary N) is 1. The number of rotatable bonds is 2. The molecule has 3 rings (SSSR count). The summed E-state index contributed by atoms with van der Waals surface area (Å²) in [7, 11) is 0. The Hall–Kier alpha value is -2.08. The lowest BCUT2D eigenvalue weighted by molar-refractivity contribution is -0.117. The van der Waals surface area contributed by atoms with E-state index in [1.165, 1.54) is 0 Å². The van der Waals surface area contributed by atoms with Crippen molar-refractivity contribution in [2.45, 2.75) is 6.42 Å². The summed E-state index contributed by atoms with van der Waals surface area (Å²) in [5.74, 6) is -0.377. The Balaban J connectivity index is 2.38. The molecule has 3 aromatic rings. The van der Waals surface area contributed by atoms with E-state index in [1.54, 1.807) is 6.07 Å². The molecular formula is C13H11BrN4O. The fourth-order valence-corrected chi connectivity index (χ4v) is 2.68. The highest BCUT2D eigenvalue weighted by molar-refractivity contribution is 9.10. The minimum absolute atomic E-state index is 0.167. The lowest BCUT2D eigenvalue weighted by atomic mass is 10.1. The molecule has 0 saturated heterocycles. The van der Waals surface area contributed by atoms with Gasteiger partial charge in [-0.3, -0.25) is 4.79 Å². The second-order valence-electron chi connectivity index (χ2n) is 4.40. The van der Waals surface area contributed by atoms with E-state index in [9.17, 15) is 4.79 Å². The number of fused-ring (bicyclic) bond motifs is 3. The lowest BCUT2D eigenvalue weighted by Gasteiger charge is -2.01. The molecule has 5 N–H and O–H groups in total. The molecule has 0 spiro atoms. The normalized spacial score (nSPS) is 11.2. The van der Waals surface area contributed by atoms with Crippen molar-refractivity contribution in [2.75, 3.05) is 5.73 Å². The van der Waals surface area contributed by atoms with Gasteiger partial charge in [0, 0.05) is 11.1 Å². The number of pyridine rings is 1. The van der Waals surface area contributed by atoms with Crippen LogP contribution in [0.25, 0.3) is 21.9 Å². The van der Waals surface area contributed by atoms with Gasteiger partial charge in [-0.25, -0.2) is 4.98 Å². The summed E-state index contributed by atoms with van der Waals surface area (Å²) in [4.78, 5) is 18.8. The number of nitrogen functional groups attached to an aromatic ring is 1. The largest absolute Gasteiger partial charge is 0.399 e. The van der Waals surface area contributed by atoms with Crippen LogP contribution in [0, 0.1) is 0 Å². The molecule has 0 atom stereocenters. The molecule has 6 heteroatoms. The third-order valence-corrected chi connectivity index (χ3v) is 3.40. The third kappa shape index (κ3) is 2.04. The number of amides is 1. The van der Waals surface area contributed by atoms with Crippen LogP contribution in [-0.2, 0) is 11.2 Å². The topological polar surface area (TPSA) is 97.8 Å². The number of benzene rings is 1. The summed E-state index contributed by atoms with van der Waals surface area (Å²) < 4.78 is 0.675. The maximum Gasteiger partial charge on any atom is 0.221 e. The summed E-state index contributed by atoms with van der Waals surface area (Å²) in [6.07, 6.45) is 0.167. The molecule has 1 aromatic carbocycles. The average molecular weight is 319 g/mol. The maximum atomic E-state index is 11.1. The van der Waals surface area contributed by atoms with Crippen LogP contribution in [0.2, 0.25) is 0 Å². The number of H-pyrrole nitrogens is 1. The van der Waals surface area contributed by atoms with Gasteiger partial charge in [-0.1, -0.05) is 0 Å². The fourth-order valence-electron chi connectivity index (χ4n) is 2.23. The first-order chi connectivity index (χ1) is 9.04. The highest BCUT2D eigenvalue weighted by atomic mass is 79.9. The van der Waals surface area contributed by atoms with E-state index in [1.807, 2.05) is 18.2 Å². The van der Waals surface area contributed by atoms with Crippen molar-refractivity contribution < 1.29 is 4.79 Å². The predicted octanol–water partition coefficient (Wildman–Crippen LogP) is 2.09. The van der Waals surface area contributed by atoms with Crippen LogP contribution in [-0.4, -0.2) is 15.9 Å². The van der Waals surface area contributed by atoms with E-state index in [0.29, 0.717) is 10.3 Å². The first-order valence-electron chi connectivity index (χ1n) is 5.69. The van der Waals surface area contributed by atoms with E-state index in [4.69, 9.17) is 11.5 Å². The van der Waals surface area contributed by atoms with Crippen LogP contribution in [0.5, 0.6) is 0 Å². The van der Waals surface area contributed by atoms with Gasteiger partial charge in [-0.05, 0) is 45.8 Å². The Bertz CT molecular complexity index is 809. The van der Waals surface area contributed by atoms with E-state index in [-0.39, 0.29) is 12.3 Å². The second-order valence-corrected chi connectivity index (χ2v) is 5.21. The molecule has 0 radical (unpaired) electrons. The Morgan fingerprint density at radius 1 is 1.37 bits per heavy atom. The number of nitrogens with two attached hydrogens (primary N) is 2. The minimum Gasteiger partial charge on any atom is -0.399 e. The van der Waals surface area contributed by atoms with E-state index >= 15 is 0 Å². The standard InChI is InChI=1S/C13H11BrN4O/c14-10-3-6(4-11(16)19)12-13(18-10)8-2-1-7(15)5-9(8)17-12/h1-3,5,17H,4,15H2,(H2,16,19). The quantitative estimate of drug-likeness (QED) is 0.498. The van der Waals surface area contributed by atoms with Crippen LogP contribution in [0.4, 0.5) is 5.69 Å². The van der Waals surface area contributed by atoms with E-state index in [0.717, 1.165) is 27.5 Å². The number of primary amides is 1. The summed E-state index contributed by atoms with van der Waals surface area (Å²) in [6.45, 7) is 0. The van der Waals surface area contributed by atoms with Crippen molar-refractivity contribution in [1.82, 2.24) is 9.97 Å². The number of hydrogen-bond donors (Lipinski definition) is 3. The van der Waals surface area contributed by atoms with Gasteiger partial charge in [0.1, 0.15) is 4.60 Å². The first kappa shape index (κ1) is 12.0. The van der Waals surface area contributed by atoms with Crippen LogP contribution in [0.3, 0.4) is 0 Å². The molecule has 0 bridgehead atoms. The van der Waals surface area contributed by atoms with E-state index in [2.05, 4.69) is 25.9 Å². The van der Waals surface area contributed by atoms with Crippen LogP contribution < -0.4 is 11.5 Å². The van der Waals surface area contributed by atoms with Crippen LogP contribution >= 0.6 is 15.9 Å². The molecule has 19 heavy (non-hydrogen) atoms. The Morgan fingerprint density at radius 2 is 2.16 bits per heavy atom. The molecule has 0 aliphatic heterocycles. The van der Waals surface area contributed by atoms with Gasteiger partial charge in [-0.2, -0.15) is 0 Å². The van der Waals surface area contributed by atoms with Gasteiger partial charge in [0.15, 0.2) is 0 Å². The number of hydrogen-bond acceptors (Lipinski definition) is 3. The van der Waals surface area contributed by atoms with Crippen molar-refractivity contribution in [3.8, 4) is 0 Å². The first-order valence-corrected chi connectivity index (χ1v) is 6.48. The van der Waals surface area contributed by atoms with Crippen LogP contribution in [0.15, 0.2) is 28.9 Å². The SMILES string of the molecule is NC(=O)Cc1cc(Br)nc2c1[nH]c1cc(N)ccc12. The summed E-state index contributed by atoms with van der Waals surface area (Å²) in [6, 6.07) is 7.38. The molecule has 0 saturated carbocycles. The minimum atomic E-state index is -0.377. The van der Waals surface area contributed by atoms with Gasteiger partial charge in [0.25, 0.3) is 0 Å². The average Bonchev–Trinajstić information content (AvgIpc) is 2.66. The predicted molar refractivity (Wildman–Crippen MR) is 78.6 cm³/mol. The Kier molecular flexibility index (Phi) is 2.67. The fraction of sp³-hybridized carbons (Fsp3) is 0.0769. The number of anilines is 1. The van der Waals surface area contributed by atoms with Crippen molar-refractivity contribution in [3.05, 3.63) is 34.4 Å². The molecule has 0 fully saturated rings.